The van der Waals surface area contributed by atoms with Gasteiger partial charge in [-0.2, -0.15) is 0 Å². The third kappa shape index (κ3) is 1.69. The number of rotatable bonds is 3. The van der Waals surface area contributed by atoms with Crippen LogP contribution in [0.3, 0.4) is 0 Å². The quantitative estimate of drug-likeness (QED) is 0.630. The second kappa shape index (κ2) is 4.22. The molecule has 4 heteroatoms. The van der Waals surface area contributed by atoms with Crippen LogP contribution in [0.5, 0.6) is 0 Å². The zero-order valence-corrected chi connectivity index (χ0v) is 10.2. The second-order valence-corrected chi connectivity index (χ2v) is 4.44. The third-order valence-electron chi connectivity index (χ3n) is 2.49. The van der Waals surface area contributed by atoms with Gasteiger partial charge in [-0.15, -0.1) is 6.58 Å². The third-order valence-corrected chi connectivity index (χ3v) is 2.98. The van der Waals surface area contributed by atoms with Gasteiger partial charge in [-0.05, 0) is 24.6 Å². The number of anilines is 1. The van der Waals surface area contributed by atoms with Gasteiger partial charge in [-0.3, -0.25) is 9.59 Å². The van der Waals surface area contributed by atoms with E-state index in [-0.39, 0.29) is 0 Å². The molecule has 1 aromatic rings. The van der Waals surface area contributed by atoms with Crippen LogP contribution in [-0.2, 0) is 4.79 Å². The summed E-state index contributed by atoms with van der Waals surface area (Å²) in [6, 6.07) is 5.29. The van der Waals surface area contributed by atoms with Crippen LogP contribution >= 0.6 is 15.9 Å². The molecule has 0 spiro atoms. The summed E-state index contributed by atoms with van der Waals surface area (Å²) in [5.41, 5.74) is 1.17. The van der Waals surface area contributed by atoms with Crippen molar-refractivity contribution in [3.8, 4) is 0 Å². The normalized spacial score (nSPS) is 14.2. The Bertz CT molecular complexity index is 482. The molecular formula is C12H10BrNO2. The molecule has 0 N–H and O–H groups in total. The molecule has 82 valence electrons. The summed E-state index contributed by atoms with van der Waals surface area (Å²) in [6.45, 7) is 4.11. The van der Waals surface area contributed by atoms with E-state index in [1.54, 1.807) is 18.2 Å². The molecule has 0 fully saturated rings. The first-order chi connectivity index (χ1) is 7.65. The van der Waals surface area contributed by atoms with E-state index in [9.17, 15) is 9.59 Å². The molecule has 2 rings (SSSR count). The van der Waals surface area contributed by atoms with Crippen LogP contribution in [0.1, 0.15) is 16.8 Å². The smallest absolute Gasteiger partial charge is 0.299 e. The lowest BCUT2D eigenvalue weighted by Crippen LogP contribution is -2.30. The van der Waals surface area contributed by atoms with Crippen LogP contribution in [0, 0.1) is 0 Å². The number of fused-ring (bicyclic) bond motifs is 1. The van der Waals surface area contributed by atoms with Gasteiger partial charge in [0.25, 0.3) is 11.7 Å². The summed E-state index contributed by atoms with van der Waals surface area (Å²) in [7, 11) is 0. The lowest BCUT2D eigenvalue weighted by molar-refractivity contribution is -0.114. The molecule has 0 atom stereocenters. The van der Waals surface area contributed by atoms with E-state index in [1.165, 1.54) is 4.90 Å². The van der Waals surface area contributed by atoms with Crippen molar-refractivity contribution in [3.05, 3.63) is 40.9 Å². The highest BCUT2D eigenvalue weighted by Crippen LogP contribution is 2.31. The number of carbonyl (C=O) groups excluding carboxylic acids is 2. The highest BCUT2D eigenvalue weighted by atomic mass is 79.9. The van der Waals surface area contributed by atoms with Gasteiger partial charge in [0, 0.05) is 11.0 Å². The zero-order valence-electron chi connectivity index (χ0n) is 8.57. The zero-order chi connectivity index (χ0) is 11.7. The van der Waals surface area contributed by atoms with Crippen molar-refractivity contribution >= 4 is 33.3 Å². The lowest BCUT2D eigenvalue weighted by Gasteiger charge is -2.14. The Labute approximate surface area is 102 Å². The molecule has 1 aromatic carbocycles. The maximum atomic E-state index is 11.7. The van der Waals surface area contributed by atoms with E-state index in [2.05, 4.69) is 22.5 Å². The lowest BCUT2D eigenvalue weighted by atomic mass is 10.1. The van der Waals surface area contributed by atoms with Crippen molar-refractivity contribution < 1.29 is 9.59 Å². The Kier molecular flexibility index (Phi) is 2.92. The van der Waals surface area contributed by atoms with Crippen molar-refractivity contribution in [2.24, 2.45) is 0 Å². The van der Waals surface area contributed by atoms with Crippen LogP contribution in [0.25, 0.3) is 0 Å². The summed E-state index contributed by atoms with van der Waals surface area (Å²) >= 11 is 3.29. The molecule has 16 heavy (non-hydrogen) atoms. The molecular weight excluding hydrogens is 270 g/mol. The minimum absolute atomic E-state index is 0.430. The van der Waals surface area contributed by atoms with Gasteiger partial charge in [0.1, 0.15) is 0 Å². The summed E-state index contributed by atoms with van der Waals surface area (Å²) < 4.78 is 0.804. The van der Waals surface area contributed by atoms with Crippen LogP contribution in [-0.4, -0.2) is 18.2 Å². The first kappa shape index (κ1) is 11.1. The number of amides is 1. The Morgan fingerprint density at radius 2 is 2.12 bits per heavy atom. The number of halogens is 1. The van der Waals surface area contributed by atoms with Crippen molar-refractivity contribution in [2.45, 2.75) is 6.42 Å². The Morgan fingerprint density at radius 3 is 2.81 bits per heavy atom. The van der Waals surface area contributed by atoms with Gasteiger partial charge in [0.05, 0.1) is 11.3 Å². The topological polar surface area (TPSA) is 37.4 Å². The molecule has 3 nitrogen and oxygen atoms in total. The summed E-state index contributed by atoms with van der Waals surface area (Å²) in [5, 5.41) is 0. The first-order valence-electron chi connectivity index (χ1n) is 4.92. The average Bonchev–Trinajstić information content (AvgIpc) is 2.50. The predicted molar refractivity (Wildman–Crippen MR) is 65.6 cm³/mol. The predicted octanol–water partition coefficient (Wildman–Crippen LogP) is 2.55. The molecule has 1 amide bonds. The molecule has 0 unspecified atom stereocenters. The van der Waals surface area contributed by atoms with Crippen LogP contribution in [0.2, 0.25) is 0 Å². The van der Waals surface area contributed by atoms with Crippen LogP contribution < -0.4 is 4.90 Å². The van der Waals surface area contributed by atoms with E-state index in [0.717, 1.165) is 4.47 Å². The number of nitrogens with zero attached hydrogens (tertiary/aromatic N) is 1. The number of hydrogen-bond acceptors (Lipinski definition) is 2. The second-order valence-electron chi connectivity index (χ2n) is 3.52. The maximum Gasteiger partial charge on any atom is 0.299 e. The fraction of sp³-hybridized carbons (Fsp3) is 0.167. The fourth-order valence-electron chi connectivity index (χ4n) is 1.72. The Morgan fingerprint density at radius 1 is 1.38 bits per heavy atom. The van der Waals surface area contributed by atoms with E-state index in [4.69, 9.17) is 0 Å². The molecule has 1 heterocycles. The Hall–Kier alpha value is -1.42. The SMILES string of the molecule is C=CCCN1C(=O)C(=O)c2cc(Br)ccc21. The molecule has 0 aliphatic carbocycles. The molecule has 0 radical (unpaired) electrons. The summed E-state index contributed by atoms with van der Waals surface area (Å²) in [5.74, 6) is -0.879. The van der Waals surface area contributed by atoms with E-state index in [0.29, 0.717) is 24.2 Å². The van der Waals surface area contributed by atoms with E-state index >= 15 is 0 Å². The fourth-order valence-corrected chi connectivity index (χ4v) is 2.08. The van der Waals surface area contributed by atoms with Crippen LogP contribution in [0.15, 0.2) is 35.3 Å². The highest BCUT2D eigenvalue weighted by Gasteiger charge is 2.35. The van der Waals surface area contributed by atoms with Gasteiger partial charge in [0.2, 0.25) is 0 Å². The molecule has 0 aromatic heterocycles. The molecule has 0 saturated heterocycles. The number of Topliss-reactive ketones (excluding diaryl/α,β-unsaturated/α-hetero) is 1. The minimum Gasteiger partial charge on any atom is -0.304 e. The van der Waals surface area contributed by atoms with E-state index in [1.807, 2.05) is 6.07 Å². The number of ketones is 1. The number of hydrogen-bond donors (Lipinski definition) is 0. The highest BCUT2D eigenvalue weighted by molar-refractivity contribution is 9.10. The van der Waals surface area contributed by atoms with Crippen molar-refractivity contribution in [2.75, 3.05) is 11.4 Å². The largest absolute Gasteiger partial charge is 0.304 e. The minimum atomic E-state index is -0.449. The summed E-state index contributed by atoms with van der Waals surface area (Å²) in [6.07, 6.45) is 2.41. The van der Waals surface area contributed by atoms with Gasteiger partial charge in [-0.1, -0.05) is 22.0 Å². The molecule has 0 bridgehead atoms. The first-order valence-corrected chi connectivity index (χ1v) is 5.71. The number of carbonyl (C=O) groups is 2. The van der Waals surface area contributed by atoms with E-state index < -0.39 is 11.7 Å². The number of benzene rings is 1. The van der Waals surface area contributed by atoms with Gasteiger partial charge >= 0.3 is 0 Å². The molecule has 0 saturated carbocycles. The Balaban J connectivity index is 2.41. The molecule has 1 aliphatic rings. The molecule has 1 aliphatic heterocycles. The van der Waals surface area contributed by atoms with Gasteiger partial charge in [-0.25, -0.2) is 0 Å². The monoisotopic (exact) mass is 279 g/mol. The van der Waals surface area contributed by atoms with Crippen LogP contribution in [0.4, 0.5) is 5.69 Å². The average molecular weight is 280 g/mol. The van der Waals surface area contributed by atoms with Gasteiger partial charge in [0.15, 0.2) is 0 Å². The van der Waals surface area contributed by atoms with Crippen molar-refractivity contribution in [1.82, 2.24) is 0 Å². The standard InChI is InChI=1S/C12H10BrNO2/c1-2-3-6-14-10-5-4-8(13)7-9(10)11(15)12(14)16/h2,4-5,7H,1,3,6H2. The maximum absolute atomic E-state index is 11.7. The van der Waals surface area contributed by atoms with Crippen molar-refractivity contribution in [1.29, 1.82) is 0 Å². The van der Waals surface area contributed by atoms with Gasteiger partial charge < -0.3 is 4.90 Å². The summed E-state index contributed by atoms with van der Waals surface area (Å²) in [4.78, 5) is 24.9. The van der Waals surface area contributed by atoms with Crippen molar-refractivity contribution in [3.63, 3.8) is 0 Å².